The highest BCUT2D eigenvalue weighted by atomic mass is 127. The second-order valence-electron chi connectivity index (χ2n) is 8.76. The monoisotopic (exact) mass is 568 g/mol. The Balaban J connectivity index is 0.00000306. The molecule has 2 aliphatic rings. The van der Waals surface area contributed by atoms with E-state index in [1.807, 2.05) is 11.7 Å². The number of rotatable bonds is 7. The third-order valence-corrected chi connectivity index (χ3v) is 6.22. The molecule has 2 N–H and O–H groups in total. The Morgan fingerprint density at radius 1 is 1.15 bits per heavy atom. The van der Waals surface area contributed by atoms with Crippen LogP contribution in [0.25, 0.3) is 0 Å². The van der Waals surface area contributed by atoms with E-state index in [0.29, 0.717) is 6.61 Å². The molecule has 1 saturated heterocycles. The number of hydrogen-bond acceptors (Lipinski definition) is 6. The van der Waals surface area contributed by atoms with Crippen molar-refractivity contribution in [2.45, 2.75) is 45.1 Å². The molecule has 33 heavy (non-hydrogen) atoms. The Morgan fingerprint density at radius 2 is 1.88 bits per heavy atom. The van der Waals surface area contributed by atoms with Gasteiger partial charge in [0, 0.05) is 65.9 Å². The number of fused-ring (bicyclic) bond motifs is 1. The molecule has 0 saturated carbocycles. The molecule has 10 heteroatoms. The number of aromatic nitrogens is 3. The zero-order chi connectivity index (χ0) is 22.3. The lowest BCUT2D eigenvalue weighted by Gasteiger charge is -2.32. The maximum atomic E-state index is 5.15. The molecule has 0 radical (unpaired) electrons. The summed E-state index contributed by atoms with van der Waals surface area (Å²) in [5, 5.41) is 11.5. The molecule has 4 rings (SSSR count). The second kappa shape index (κ2) is 12.6. The average Bonchev–Trinajstić information content (AvgIpc) is 3.21. The Morgan fingerprint density at radius 3 is 2.58 bits per heavy atom. The molecule has 0 amide bonds. The fourth-order valence-corrected chi connectivity index (χ4v) is 4.27. The molecule has 0 spiro atoms. The molecule has 9 nitrogen and oxygen atoms in total. The van der Waals surface area contributed by atoms with Crippen LogP contribution in [0.15, 0.2) is 29.3 Å². The van der Waals surface area contributed by atoms with Crippen molar-refractivity contribution in [2.24, 2.45) is 4.99 Å². The number of aliphatic imine (C=N–C) groups is 1. The first-order valence-corrected chi connectivity index (χ1v) is 11.5. The molecule has 1 atom stereocenters. The molecule has 0 bridgehead atoms. The van der Waals surface area contributed by atoms with Gasteiger partial charge in [0.2, 0.25) is 0 Å². The van der Waals surface area contributed by atoms with Crippen LogP contribution in [0.1, 0.15) is 29.2 Å². The van der Waals surface area contributed by atoms with Gasteiger partial charge in [-0.25, -0.2) is 9.67 Å². The molecular formula is C23H37IN8O. The van der Waals surface area contributed by atoms with Gasteiger partial charge in [0.15, 0.2) is 11.8 Å². The van der Waals surface area contributed by atoms with Crippen LogP contribution in [0.5, 0.6) is 0 Å². The summed E-state index contributed by atoms with van der Waals surface area (Å²) in [5.74, 6) is 2.61. The van der Waals surface area contributed by atoms with Crippen molar-refractivity contribution in [3.63, 3.8) is 0 Å². The van der Waals surface area contributed by atoms with Crippen LogP contribution < -0.4 is 10.6 Å². The van der Waals surface area contributed by atoms with Crippen LogP contribution in [-0.4, -0.2) is 83.9 Å². The minimum Gasteiger partial charge on any atom is -0.377 e. The summed E-state index contributed by atoms with van der Waals surface area (Å²) in [6.07, 6.45) is 1.91. The van der Waals surface area contributed by atoms with Gasteiger partial charge in [-0.2, -0.15) is 5.10 Å². The maximum absolute atomic E-state index is 5.15. The van der Waals surface area contributed by atoms with Gasteiger partial charge in [-0.15, -0.1) is 24.0 Å². The molecule has 182 valence electrons. The van der Waals surface area contributed by atoms with Gasteiger partial charge in [0.25, 0.3) is 0 Å². The zero-order valence-corrected chi connectivity index (χ0v) is 22.3. The second-order valence-corrected chi connectivity index (χ2v) is 8.76. The van der Waals surface area contributed by atoms with Crippen LogP contribution >= 0.6 is 24.0 Å². The van der Waals surface area contributed by atoms with Gasteiger partial charge in [0.05, 0.1) is 6.54 Å². The molecule has 1 fully saturated rings. The topological polar surface area (TPSA) is 82.8 Å². The van der Waals surface area contributed by atoms with E-state index < -0.39 is 0 Å². The number of guanidine groups is 1. The summed E-state index contributed by atoms with van der Waals surface area (Å²) in [5.41, 5.74) is 2.63. The third-order valence-electron chi connectivity index (χ3n) is 6.22. The molecule has 1 aromatic heterocycles. The van der Waals surface area contributed by atoms with Crippen molar-refractivity contribution in [3.8, 4) is 0 Å². The summed E-state index contributed by atoms with van der Waals surface area (Å²) in [7, 11) is 5.68. The van der Waals surface area contributed by atoms with Gasteiger partial charge in [-0.05, 0) is 24.6 Å². The Kier molecular flexibility index (Phi) is 9.90. The van der Waals surface area contributed by atoms with E-state index in [0.717, 1.165) is 76.3 Å². The van der Waals surface area contributed by atoms with E-state index in [-0.39, 0.29) is 30.0 Å². The highest BCUT2D eigenvalue weighted by Crippen LogP contribution is 2.14. The normalized spacial score (nSPS) is 19.6. The maximum Gasteiger partial charge on any atom is 0.191 e. The summed E-state index contributed by atoms with van der Waals surface area (Å²) >= 11 is 0. The first-order chi connectivity index (χ1) is 15.6. The van der Waals surface area contributed by atoms with Gasteiger partial charge in [-0.3, -0.25) is 9.89 Å². The lowest BCUT2D eigenvalue weighted by Crippen LogP contribution is -2.46. The molecular weight excluding hydrogens is 531 g/mol. The predicted octanol–water partition coefficient (Wildman–Crippen LogP) is 1.47. The van der Waals surface area contributed by atoms with Crippen molar-refractivity contribution in [1.29, 1.82) is 0 Å². The SMILES string of the molecule is CN=C(NCc1ccc(CN2CCN(C)CC2)cc1)NC1CCc2nc(COC)nn2C1.I. The first-order valence-electron chi connectivity index (χ1n) is 11.5. The number of halogens is 1. The van der Waals surface area contributed by atoms with E-state index in [9.17, 15) is 0 Å². The minimum atomic E-state index is 0. The van der Waals surface area contributed by atoms with Crippen molar-refractivity contribution < 1.29 is 4.74 Å². The number of methoxy groups -OCH3 is 1. The number of piperazine rings is 1. The minimum absolute atomic E-state index is 0. The van der Waals surface area contributed by atoms with Gasteiger partial charge >= 0.3 is 0 Å². The van der Waals surface area contributed by atoms with Crippen LogP contribution in [0, 0.1) is 0 Å². The average molecular weight is 569 g/mol. The quantitative estimate of drug-likeness (QED) is 0.298. The van der Waals surface area contributed by atoms with Crippen molar-refractivity contribution in [2.75, 3.05) is 47.4 Å². The molecule has 1 unspecified atom stereocenters. The van der Waals surface area contributed by atoms with Gasteiger partial charge in [-0.1, -0.05) is 24.3 Å². The van der Waals surface area contributed by atoms with Crippen LogP contribution in [0.4, 0.5) is 0 Å². The number of likely N-dealkylation sites (N-methyl/N-ethyl adjacent to an activating group) is 1. The number of hydrogen-bond donors (Lipinski definition) is 2. The fraction of sp³-hybridized carbons (Fsp3) is 0.609. The molecule has 2 aromatic rings. The third kappa shape index (κ3) is 7.36. The number of nitrogens with zero attached hydrogens (tertiary/aromatic N) is 6. The highest BCUT2D eigenvalue weighted by molar-refractivity contribution is 14.0. The summed E-state index contributed by atoms with van der Waals surface area (Å²) < 4.78 is 7.14. The van der Waals surface area contributed by atoms with E-state index >= 15 is 0 Å². The Labute approximate surface area is 214 Å². The van der Waals surface area contributed by atoms with Gasteiger partial charge < -0.3 is 20.3 Å². The number of aryl methyl sites for hydroxylation is 1. The smallest absolute Gasteiger partial charge is 0.191 e. The van der Waals surface area contributed by atoms with E-state index in [4.69, 9.17) is 4.74 Å². The Hall–Kier alpha value is -1.76. The summed E-state index contributed by atoms with van der Waals surface area (Å²) in [6, 6.07) is 9.20. The first kappa shape index (κ1) is 25.9. The number of nitrogens with one attached hydrogen (secondary N) is 2. The zero-order valence-electron chi connectivity index (χ0n) is 20.0. The largest absolute Gasteiger partial charge is 0.377 e. The van der Waals surface area contributed by atoms with E-state index in [1.165, 1.54) is 11.1 Å². The standard InChI is InChI=1S/C23H36N8O.HI/c1-24-23(26-20-8-9-22-27-21(17-32-3)28-31(22)16-20)25-14-18-4-6-19(7-5-18)15-30-12-10-29(2)11-13-30;/h4-7,20H,8-17H2,1-3H3,(H2,24,25,26);1H. The van der Waals surface area contributed by atoms with E-state index in [2.05, 4.69) is 66.8 Å². The molecule has 3 heterocycles. The lowest BCUT2D eigenvalue weighted by atomic mass is 10.1. The van der Waals surface area contributed by atoms with Crippen LogP contribution in [-0.2, 0) is 37.4 Å². The number of ether oxygens (including phenoxy) is 1. The summed E-state index contributed by atoms with van der Waals surface area (Å²) in [6.45, 7) is 7.61. The molecule has 0 aliphatic carbocycles. The van der Waals surface area contributed by atoms with Crippen molar-refractivity contribution >= 4 is 29.9 Å². The summed E-state index contributed by atoms with van der Waals surface area (Å²) in [4.78, 5) is 13.9. The fourth-order valence-electron chi connectivity index (χ4n) is 4.27. The van der Waals surface area contributed by atoms with Gasteiger partial charge in [0.1, 0.15) is 12.4 Å². The Bertz CT molecular complexity index is 892. The number of benzene rings is 1. The highest BCUT2D eigenvalue weighted by Gasteiger charge is 2.22. The van der Waals surface area contributed by atoms with E-state index in [1.54, 1.807) is 7.11 Å². The van der Waals surface area contributed by atoms with Crippen molar-refractivity contribution in [1.82, 2.24) is 35.2 Å². The lowest BCUT2D eigenvalue weighted by molar-refractivity contribution is 0.148. The van der Waals surface area contributed by atoms with Crippen LogP contribution in [0.3, 0.4) is 0 Å². The van der Waals surface area contributed by atoms with Crippen molar-refractivity contribution in [3.05, 3.63) is 47.0 Å². The van der Waals surface area contributed by atoms with Crippen LogP contribution in [0.2, 0.25) is 0 Å². The predicted molar refractivity (Wildman–Crippen MR) is 141 cm³/mol. The molecule has 1 aromatic carbocycles. The molecule has 2 aliphatic heterocycles.